The number of rotatable bonds is 3. The highest BCUT2D eigenvalue weighted by molar-refractivity contribution is 5.73. The highest BCUT2D eigenvalue weighted by atomic mass is 19.1. The molecule has 0 aliphatic carbocycles. The molecule has 5 rings (SSSR count). The molecule has 0 spiro atoms. The van der Waals surface area contributed by atoms with Crippen molar-refractivity contribution in [3.05, 3.63) is 18.0 Å². The van der Waals surface area contributed by atoms with Gasteiger partial charge in [0.2, 0.25) is 11.9 Å². The van der Waals surface area contributed by atoms with Crippen LogP contribution in [0.4, 0.5) is 26.9 Å². The van der Waals surface area contributed by atoms with E-state index in [-0.39, 0.29) is 19.0 Å². The van der Waals surface area contributed by atoms with Crippen LogP contribution in [0.5, 0.6) is 0 Å². The van der Waals surface area contributed by atoms with E-state index in [9.17, 15) is 14.3 Å². The van der Waals surface area contributed by atoms with Crippen LogP contribution in [0.3, 0.4) is 0 Å². The Morgan fingerprint density at radius 3 is 2.58 bits per heavy atom. The molecule has 0 saturated carbocycles. The normalized spacial score (nSPS) is 23.3. The molecule has 0 bridgehead atoms. The molecule has 3 N–H and O–H groups in total. The molecule has 12 heteroatoms. The summed E-state index contributed by atoms with van der Waals surface area (Å²) < 4.78 is 20.3. The number of hydrogen-bond donors (Lipinski definition) is 2. The molecule has 31 heavy (non-hydrogen) atoms. The van der Waals surface area contributed by atoms with E-state index in [0.717, 1.165) is 10.5 Å². The van der Waals surface area contributed by atoms with Gasteiger partial charge in [0.05, 0.1) is 31.5 Å². The Hall–Kier alpha value is -3.28. The summed E-state index contributed by atoms with van der Waals surface area (Å²) in [5.74, 6) is 1.34. The van der Waals surface area contributed by atoms with Crippen LogP contribution in [0.1, 0.15) is 5.56 Å². The number of morpholine rings is 1. The maximum atomic E-state index is 14.8. The Morgan fingerprint density at radius 1 is 1.16 bits per heavy atom. The van der Waals surface area contributed by atoms with Gasteiger partial charge in [-0.25, -0.2) is 24.1 Å². The zero-order valence-corrected chi connectivity index (χ0v) is 16.8. The first-order valence-electron chi connectivity index (χ1n) is 10.2. The van der Waals surface area contributed by atoms with Crippen molar-refractivity contribution in [1.29, 1.82) is 0 Å². The fraction of sp³-hybridized carbons (Fsp3) is 0.526. The molecule has 2 aromatic rings. The maximum absolute atomic E-state index is 14.8. The number of nitrogens with zero attached hydrogens (tertiary/aromatic N) is 7. The van der Waals surface area contributed by atoms with Gasteiger partial charge < -0.3 is 30.3 Å². The molecule has 164 valence electrons. The van der Waals surface area contributed by atoms with Crippen molar-refractivity contribution in [3.8, 4) is 11.3 Å². The quantitative estimate of drug-likeness (QED) is 0.705. The van der Waals surface area contributed by atoms with Crippen molar-refractivity contribution < 1.29 is 19.0 Å². The number of nitrogens with two attached hydrogens (primary N) is 1. The molecule has 1 amide bonds. The van der Waals surface area contributed by atoms with Crippen LogP contribution in [-0.4, -0.2) is 94.2 Å². The topological polar surface area (TPSA) is 134 Å². The number of alkyl halides is 1. The van der Waals surface area contributed by atoms with Crippen LogP contribution in [0.2, 0.25) is 0 Å². The van der Waals surface area contributed by atoms with Crippen molar-refractivity contribution in [2.45, 2.75) is 18.6 Å². The second-order valence-electron chi connectivity index (χ2n) is 7.82. The third kappa shape index (κ3) is 3.56. The number of carbonyl (C=O) groups is 1. The molecule has 0 unspecified atom stereocenters. The minimum Gasteiger partial charge on any atom is -0.465 e. The van der Waals surface area contributed by atoms with Crippen LogP contribution in [0.25, 0.3) is 11.3 Å². The van der Waals surface area contributed by atoms with Gasteiger partial charge in [-0.3, -0.25) is 0 Å². The Morgan fingerprint density at radius 2 is 1.90 bits per heavy atom. The first-order valence-corrected chi connectivity index (χ1v) is 10.2. The number of likely N-dealkylation sites (tertiary alicyclic amines) is 1. The Kier molecular flexibility index (Phi) is 4.93. The predicted molar refractivity (Wildman–Crippen MR) is 110 cm³/mol. The number of nitrogen functional groups attached to an aromatic ring is 1. The number of carboxylic acid groups (broad SMARTS) is 1. The van der Waals surface area contributed by atoms with Gasteiger partial charge in [-0.1, -0.05) is 0 Å². The summed E-state index contributed by atoms with van der Waals surface area (Å²) in [6.45, 7) is 2.97. The summed E-state index contributed by atoms with van der Waals surface area (Å²) in [6, 6.07) is -0.583. The lowest BCUT2D eigenvalue weighted by Crippen LogP contribution is -2.42. The SMILES string of the molecule is Nc1ncc(-c2nc(N3CCOCC3)nc3c2CCN3[C@@H]2CN(C(=O)O)C[C@@H]2F)cn1. The number of hydrogen-bond acceptors (Lipinski definition) is 9. The van der Waals surface area contributed by atoms with Crippen LogP contribution >= 0.6 is 0 Å². The molecule has 2 atom stereocenters. The summed E-state index contributed by atoms with van der Waals surface area (Å²) >= 11 is 0. The molecule has 2 fully saturated rings. The smallest absolute Gasteiger partial charge is 0.407 e. The molecule has 0 aromatic carbocycles. The van der Waals surface area contributed by atoms with Gasteiger partial charge in [-0.15, -0.1) is 0 Å². The van der Waals surface area contributed by atoms with Gasteiger partial charge >= 0.3 is 6.09 Å². The summed E-state index contributed by atoms with van der Waals surface area (Å²) in [7, 11) is 0. The average Bonchev–Trinajstić information content (AvgIpc) is 3.37. The molecule has 5 heterocycles. The lowest BCUT2D eigenvalue weighted by Gasteiger charge is -2.30. The summed E-state index contributed by atoms with van der Waals surface area (Å²) in [5.41, 5.74) is 7.92. The number of ether oxygens (including phenoxy) is 1. The van der Waals surface area contributed by atoms with Gasteiger partial charge in [-0.05, 0) is 6.42 Å². The van der Waals surface area contributed by atoms with Crippen molar-refractivity contribution >= 4 is 23.8 Å². The zero-order chi connectivity index (χ0) is 21.5. The first kappa shape index (κ1) is 19.7. The van der Waals surface area contributed by atoms with E-state index in [1.165, 1.54) is 0 Å². The molecule has 2 aromatic heterocycles. The van der Waals surface area contributed by atoms with Gasteiger partial charge in [-0.2, -0.15) is 4.98 Å². The zero-order valence-electron chi connectivity index (χ0n) is 16.8. The monoisotopic (exact) mass is 430 g/mol. The van der Waals surface area contributed by atoms with Crippen LogP contribution < -0.4 is 15.5 Å². The van der Waals surface area contributed by atoms with E-state index in [1.54, 1.807) is 12.4 Å². The highest BCUT2D eigenvalue weighted by Crippen LogP contribution is 2.38. The number of amides is 1. The highest BCUT2D eigenvalue weighted by Gasteiger charge is 2.42. The number of halogens is 1. The lowest BCUT2D eigenvalue weighted by atomic mass is 10.1. The van der Waals surface area contributed by atoms with Crippen molar-refractivity contribution in [1.82, 2.24) is 24.8 Å². The van der Waals surface area contributed by atoms with E-state index in [4.69, 9.17) is 20.4 Å². The fourth-order valence-electron chi connectivity index (χ4n) is 4.39. The van der Waals surface area contributed by atoms with Crippen molar-refractivity contribution in [3.63, 3.8) is 0 Å². The number of anilines is 3. The lowest BCUT2D eigenvalue weighted by molar-refractivity contribution is 0.122. The standard InChI is InChI=1S/C19H23FN8O3/c20-13-9-27(19(29)30)10-14(13)28-2-1-12-15(11-7-22-17(21)23-8-11)24-18(25-16(12)28)26-3-5-31-6-4-26/h7-8,13-14H,1-6,9-10H2,(H,29,30)(H2,21,22,23)/t13-,14+/m0/s1. The number of fused-ring (bicyclic) bond motifs is 1. The molecular formula is C19H23FN8O3. The third-order valence-corrected chi connectivity index (χ3v) is 5.98. The predicted octanol–water partition coefficient (Wildman–Crippen LogP) is 0.415. The molecular weight excluding hydrogens is 407 g/mol. The Bertz CT molecular complexity index is 985. The fourth-order valence-corrected chi connectivity index (χ4v) is 4.39. The molecule has 11 nitrogen and oxygen atoms in total. The minimum atomic E-state index is -1.29. The number of aromatic nitrogens is 4. The Balaban J connectivity index is 1.56. The van der Waals surface area contributed by atoms with E-state index in [0.29, 0.717) is 62.3 Å². The minimum absolute atomic E-state index is 0.104. The maximum Gasteiger partial charge on any atom is 0.407 e. The van der Waals surface area contributed by atoms with E-state index >= 15 is 0 Å². The van der Waals surface area contributed by atoms with Gasteiger partial charge in [0.15, 0.2) is 0 Å². The summed E-state index contributed by atoms with van der Waals surface area (Å²) in [6.07, 6.45) is 1.47. The van der Waals surface area contributed by atoms with Crippen LogP contribution in [-0.2, 0) is 11.2 Å². The molecule has 2 saturated heterocycles. The van der Waals surface area contributed by atoms with Crippen LogP contribution in [0, 0.1) is 0 Å². The molecule has 3 aliphatic rings. The largest absolute Gasteiger partial charge is 0.465 e. The van der Waals surface area contributed by atoms with Gasteiger partial charge in [0.1, 0.15) is 12.0 Å². The molecule has 3 aliphatic heterocycles. The van der Waals surface area contributed by atoms with Crippen LogP contribution in [0.15, 0.2) is 12.4 Å². The second kappa shape index (κ2) is 7.76. The first-order chi connectivity index (χ1) is 15.0. The van der Waals surface area contributed by atoms with Crippen molar-refractivity contribution in [2.24, 2.45) is 0 Å². The third-order valence-electron chi connectivity index (χ3n) is 5.98. The summed E-state index contributed by atoms with van der Waals surface area (Å²) in [5, 5.41) is 9.29. The van der Waals surface area contributed by atoms with E-state index < -0.39 is 18.3 Å². The second-order valence-corrected chi connectivity index (χ2v) is 7.82. The van der Waals surface area contributed by atoms with Gasteiger partial charge in [0, 0.05) is 49.7 Å². The Labute approximate surface area is 177 Å². The molecule has 0 radical (unpaired) electrons. The van der Waals surface area contributed by atoms with E-state index in [2.05, 4.69) is 9.97 Å². The van der Waals surface area contributed by atoms with E-state index in [1.807, 2.05) is 9.80 Å². The summed E-state index contributed by atoms with van der Waals surface area (Å²) in [4.78, 5) is 34.2. The van der Waals surface area contributed by atoms with Crippen molar-refractivity contribution in [2.75, 3.05) is 61.5 Å². The average molecular weight is 430 g/mol. The van der Waals surface area contributed by atoms with Gasteiger partial charge in [0.25, 0.3) is 0 Å².